The SMILES string of the molecule is CC[C@H](C)[C@H]1C(=O)Nc2ccccc2CN1C(=O)NCc1cncn1C. The van der Waals surface area contributed by atoms with Gasteiger partial charge in [-0.05, 0) is 17.5 Å². The second-order valence-electron chi connectivity index (χ2n) is 6.76. The molecule has 138 valence electrons. The molecule has 0 radical (unpaired) electrons. The fourth-order valence-corrected chi connectivity index (χ4v) is 3.22. The minimum atomic E-state index is -0.515. The summed E-state index contributed by atoms with van der Waals surface area (Å²) in [6.45, 7) is 4.78. The van der Waals surface area contributed by atoms with Crippen LogP contribution in [0, 0.1) is 5.92 Å². The number of imidazole rings is 1. The quantitative estimate of drug-likeness (QED) is 0.884. The Kier molecular flexibility index (Phi) is 5.25. The number of fused-ring (bicyclic) bond motifs is 1. The molecule has 1 aromatic heterocycles. The van der Waals surface area contributed by atoms with E-state index in [1.165, 1.54) is 0 Å². The lowest BCUT2D eigenvalue weighted by Gasteiger charge is -2.32. The molecule has 0 spiro atoms. The van der Waals surface area contributed by atoms with E-state index in [0.717, 1.165) is 23.4 Å². The van der Waals surface area contributed by atoms with E-state index < -0.39 is 6.04 Å². The Morgan fingerprint density at radius 2 is 2.19 bits per heavy atom. The summed E-state index contributed by atoms with van der Waals surface area (Å²) in [6, 6.07) is 6.85. The van der Waals surface area contributed by atoms with Crippen molar-refractivity contribution in [1.29, 1.82) is 0 Å². The molecule has 0 aliphatic carbocycles. The predicted molar refractivity (Wildman–Crippen MR) is 99.3 cm³/mol. The van der Waals surface area contributed by atoms with Gasteiger partial charge in [0.05, 0.1) is 25.1 Å². The van der Waals surface area contributed by atoms with Crippen molar-refractivity contribution in [3.8, 4) is 0 Å². The van der Waals surface area contributed by atoms with Crippen LogP contribution in [0.1, 0.15) is 31.5 Å². The second-order valence-corrected chi connectivity index (χ2v) is 6.76. The number of hydrogen-bond donors (Lipinski definition) is 2. The maximum atomic E-state index is 12.9. The highest BCUT2D eigenvalue weighted by molar-refractivity contribution is 5.98. The van der Waals surface area contributed by atoms with E-state index in [-0.39, 0.29) is 17.9 Å². The average molecular weight is 355 g/mol. The molecule has 0 saturated heterocycles. The number of aryl methyl sites for hydroxylation is 1. The zero-order chi connectivity index (χ0) is 18.7. The normalized spacial score (nSPS) is 17.9. The van der Waals surface area contributed by atoms with Crippen LogP contribution in [-0.2, 0) is 24.9 Å². The summed E-state index contributed by atoms with van der Waals surface area (Å²) in [6.07, 6.45) is 4.22. The fourth-order valence-electron chi connectivity index (χ4n) is 3.22. The smallest absolute Gasteiger partial charge is 0.318 e. The number of urea groups is 1. The van der Waals surface area contributed by atoms with Crippen molar-refractivity contribution in [1.82, 2.24) is 19.8 Å². The zero-order valence-electron chi connectivity index (χ0n) is 15.4. The number of anilines is 1. The lowest BCUT2D eigenvalue weighted by atomic mass is 9.97. The maximum absolute atomic E-state index is 12.9. The first-order valence-electron chi connectivity index (χ1n) is 8.89. The van der Waals surface area contributed by atoms with Crippen molar-refractivity contribution in [3.63, 3.8) is 0 Å². The molecule has 1 aliphatic heterocycles. The van der Waals surface area contributed by atoms with Crippen LogP contribution in [0.5, 0.6) is 0 Å². The van der Waals surface area contributed by atoms with Crippen LogP contribution in [0.4, 0.5) is 10.5 Å². The molecule has 0 saturated carbocycles. The fraction of sp³-hybridized carbons (Fsp3) is 0.421. The number of para-hydroxylation sites is 1. The summed E-state index contributed by atoms with van der Waals surface area (Å²) in [4.78, 5) is 31.5. The molecule has 1 aliphatic rings. The largest absolute Gasteiger partial charge is 0.336 e. The summed E-state index contributed by atoms with van der Waals surface area (Å²) in [7, 11) is 1.88. The van der Waals surface area contributed by atoms with Gasteiger partial charge in [-0.15, -0.1) is 0 Å². The van der Waals surface area contributed by atoms with Crippen molar-refractivity contribution in [2.45, 2.75) is 39.4 Å². The van der Waals surface area contributed by atoms with E-state index in [1.807, 2.05) is 49.7 Å². The molecule has 7 heteroatoms. The van der Waals surface area contributed by atoms with Gasteiger partial charge >= 0.3 is 6.03 Å². The van der Waals surface area contributed by atoms with Gasteiger partial charge in [-0.25, -0.2) is 9.78 Å². The van der Waals surface area contributed by atoms with Gasteiger partial charge in [0.1, 0.15) is 6.04 Å². The van der Waals surface area contributed by atoms with E-state index in [4.69, 9.17) is 0 Å². The van der Waals surface area contributed by atoms with Gasteiger partial charge in [0.15, 0.2) is 0 Å². The van der Waals surface area contributed by atoms with Crippen molar-refractivity contribution in [2.24, 2.45) is 13.0 Å². The molecule has 7 nitrogen and oxygen atoms in total. The van der Waals surface area contributed by atoms with Crippen LogP contribution in [0.15, 0.2) is 36.8 Å². The molecule has 26 heavy (non-hydrogen) atoms. The van der Waals surface area contributed by atoms with Gasteiger partial charge in [0, 0.05) is 18.9 Å². The average Bonchev–Trinajstić information content (AvgIpc) is 2.97. The number of benzene rings is 1. The van der Waals surface area contributed by atoms with Gasteiger partial charge in [-0.2, -0.15) is 0 Å². The van der Waals surface area contributed by atoms with Gasteiger partial charge < -0.3 is 20.1 Å². The minimum Gasteiger partial charge on any atom is -0.336 e. The summed E-state index contributed by atoms with van der Waals surface area (Å²) in [5.41, 5.74) is 2.60. The summed E-state index contributed by atoms with van der Waals surface area (Å²) in [5.74, 6) is -0.0910. The number of aromatic nitrogens is 2. The highest BCUT2D eigenvalue weighted by atomic mass is 16.2. The first-order valence-corrected chi connectivity index (χ1v) is 8.89. The summed E-state index contributed by atoms with van der Waals surface area (Å²) < 4.78 is 1.86. The van der Waals surface area contributed by atoms with Crippen LogP contribution in [0.25, 0.3) is 0 Å². The molecule has 2 heterocycles. The Morgan fingerprint density at radius 3 is 2.88 bits per heavy atom. The van der Waals surface area contributed by atoms with E-state index in [2.05, 4.69) is 15.6 Å². The number of hydrogen-bond acceptors (Lipinski definition) is 3. The third kappa shape index (κ3) is 3.56. The number of carbonyl (C=O) groups excluding carboxylic acids is 2. The van der Waals surface area contributed by atoms with Crippen molar-refractivity contribution in [2.75, 3.05) is 5.32 Å². The van der Waals surface area contributed by atoms with Crippen molar-refractivity contribution >= 4 is 17.6 Å². The lowest BCUT2D eigenvalue weighted by Crippen LogP contribution is -2.52. The van der Waals surface area contributed by atoms with Crippen LogP contribution >= 0.6 is 0 Å². The first kappa shape index (κ1) is 18.0. The maximum Gasteiger partial charge on any atom is 0.318 e. The summed E-state index contributed by atoms with van der Waals surface area (Å²) in [5, 5.41) is 5.91. The number of rotatable bonds is 4. The Balaban J connectivity index is 1.85. The number of nitrogens with one attached hydrogen (secondary N) is 2. The topological polar surface area (TPSA) is 79.3 Å². The lowest BCUT2D eigenvalue weighted by molar-refractivity contribution is -0.121. The number of nitrogens with zero attached hydrogens (tertiary/aromatic N) is 3. The molecule has 1 aromatic carbocycles. The molecule has 2 atom stereocenters. The van der Waals surface area contributed by atoms with Crippen LogP contribution < -0.4 is 10.6 Å². The molecule has 2 aromatic rings. The Morgan fingerprint density at radius 1 is 1.42 bits per heavy atom. The summed E-state index contributed by atoms with van der Waals surface area (Å²) >= 11 is 0. The predicted octanol–water partition coefficient (Wildman–Crippen LogP) is 2.50. The number of carbonyl (C=O) groups is 2. The van der Waals surface area contributed by atoms with Crippen molar-refractivity contribution < 1.29 is 9.59 Å². The Hall–Kier alpha value is -2.83. The van der Waals surface area contributed by atoms with Gasteiger partial charge in [-0.1, -0.05) is 38.5 Å². The Bertz CT molecular complexity index is 801. The zero-order valence-corrected chi connectivity index (χ0v) is 15.4. The monoisotopic (exact) mass is 355 g/mol. The van der Waals surface area contributed by atoms with Gasteiger partial charge in [-0.3, -0.25) is 4.79 Å². The molecule has 0 unspecified atom stereocenters. The molecule has 3 amide bonds. The second kappa shape index (κ2) is 7.59. The molecular weight excluding hydrogens is 330 g/mol. The molecule has 2 N–H and O–H groups in total. The van der Waals surface area contributed by atoms with Crippen LogP contribution in [0.3, 0.4) is 0 Å². The highest BCUT2D eigenvalue weighted by Gasteiger charge is 2.36. The molecule has 0 bridgehead atoms. The van der Waals surface area contributed by atoms with Crippen LogP contribution in [-0.4, -0.2) is 32.4 Å². The third-order valence-electron chi connectivity index (χ3n) is 5.00. The van der Waals surface area contributed by atoms with E-state index in [9.17, 15) is 9.59 Å². The van der Waals surface area contributed by atoms with E-state index in [1.54, 1.807) is 17.4 Å². The molecular formula is C19H25N5O2. The number of amides is 3. The van der Waals surface area contributed by atoms with E-state index >= 15 is 0 Å². The highest BCUT2D eigenvalue weighted by Crippen LogP contribution is 2.27. The van der Waals surface area contributed by atoms with E-state index in [0.29, 0.717) is 13.1 Å². The molecule has 3 rings (SSSR count). The first-order chi connectivity index (χ1) is 12.5. The van der Waals surface area contributed by atoms with Crippen LogP contribution in [0.2, 0.25) is 0 Å². The minimum absolute atomic E-state index is 0.0479. The van der Waals surface area contributed by atoms with Crippen molar-refractivity contribution in [3.05, 3.63) is 48.0 Å². The van der Waals surface area contributed by atoms with Gasteiger partial charge in [0.25, 0.3) is 0 Å². The Labute approximate surface area is 153 Å². The third-order valence-corrected chi connectivity index (χ3v) is 5.00. The standard InChI is InChI=1S/C19H25N5O2/c1-4-13(2)17-18(25)22-16-8-6-5-7-14(16)11-24(17)19(26)21-10-15-9-20-12-23(15)3/h5-9,12-13,17H,4,10-11H2,1-3H3,(H,21,26)(H,22,25)/t13-,17-/m0/s1. The van der Waals surface area contributed by atoms with Gasteiger partial charge in [0.2, 0.25) is 5.91 Å². The molecule has 0 fully saturated rings.